The zero-order chi connectivity index (χ0) is 42.0. The number of carbonyl (C=O) groups is 4. The Morgan fingerprint density at radius 2 is 1.89 bits per heavy atom. The van der Waals surface area contributed by atoms with E-state index in [9.17, 15) is 32.7 Å². The Labute approximate surface area is 336 Å². The number of ether oxygens (including phenoxy) is 2. The average Bonchev–Trinajstić information content (AvgIpc) is 3.40. The summed E-state index contributed by atoms with van der Waals surface area (Å²) in [6.07, 6.45) is 1.93. The summed E-state index contributed by atoms with van der Waals surface area (Å²) in [6, 6.07) is 4.23. The van der Waals surface area contributed by atoms with Crippen molar-refractivity contribution in [1.82, 2.24) is 35.1 Å². The molecule has 1 aromatic carbocycles. The van der Waals surface area contributed by atoms with Crippen molar-refractivity contribution in [3.63, 3.8) is 0 Å². The Hall–Kier alpha value is -5.01. The number of carboxylic acids is 1. The maximum atomic E-state index is 14.6. The highest BCUT2D eigenvalue weighted by molar-refractivity contribution is 7.88. The van der Waals surface area contributed by atoms with E-state index in [1.807, 2.05) is 19.2 Å². The molecule has 17 nitrogen and oxygen atoms in total. The van der Waals surface area contributed by atoms with Crippen molar-refractivity contribution in [3.8, 4) is 22.9 Å². The number of sulfonamides is 1. The number of urea groups is 1. The van der Waals surface area contributed by atoms with Crippen molar-refractivity contribution < 1.29 is 42.2 Å². The number of thiazole rings is 1. The molecule has 1 aliphatic carbocycles. The molecule has 310 valence electrons. The fourth-order valence-corrected chi connectivity index (χ4v) is 7.87. The maximum absolute atomic E-state index is 14.6. The monoisotopic (exact) mass is 828 g/mol. The van der Waals surface area contributed by atoms with Gasteiger partial charge in [-0.05, 0) is 37.8 Å². The predicted octanol–water partition coefficient (Wildman–Crippen LogP) is 3.29. The van der Waals surface area contributed by atoms with Gasteiger partial charge in [-0.3, -0.25) is 9.59 Å². The predicted molar refractivity (Wildman–Crippen MR) is 217 cm³/mol. The fourth-order valence-electron chi connectivity index (χ4n) is 6.60. The summed E-state index contributed by atoms with van der Waals surface area (Å²) in [7, 11) is -0.539. The quantitative estimate of drug-likeness (QED) is 0.131. The number of pyridine rings is 1. The molecule has 5 atom stereocenters. The van der Waals surface area contributed by atoms with Crippen LogP contribution in [0.5, 0.6) is 11.5 Å². The van der Waals surface area contributed by atoms with Crippen LogP contribution in [0.1, 0.15) is 47.5 Å². The first-order valence-electron chi connectivity index (χ1n) is 18.5. The van der Waals surface area contributed by atoms with Gasteiger partial charge in [0, 0.05) is 61.4 Å². The molecule has 2 aliphatic rings. The van der Waals surface area contributed by atoms with Gasteiger partial charge in [-0.25, -0.2) is 32.3 Å². The number of fused-ring (bicyclic) bond motifs is 1. The van der Waals surface area contributed by atoms with E-state index in [0.717, 1.165) is 15.7 Å². The summed E-state index contributed by atoms with van der Waals surface area (Å²) >= 11 is 1.43. The highest BCUT2D eigenvalue weighted by atomic mass is 32.2. The van der Waals surface area contributed by atoms with E-state index >= 15 is 0 Å². The van der Waals surface area contributed by atoms with Crippen LogP contribution >= 0.6 is 11.3 Å². The van der Waals surface area contributed by atoms with Crippen molar-refractivity contribution in [3.05, 3.63) is 42.3 Å². The Bertz CT molecular complexity index is 2140. The highest BCUT2D eigenvalue weighted by Gasteiger charge is 2.61. The van der Waals surface area contributed by atoms with Crippen molar-refractivity contribution in [2.75, 3.05) is 45.4 Å². The summed E-state index contributed by atoms with van der Waals surface area (Å²) in [4.78, 5) is 65.1. The number of rotatable bonds is 16. The molecular formula is C38H52N8O9S2. The topological polar surface area (TPSA) is 221 Å². The molecule has 4 amide bonds. The first kappa shape index (κ1) is 43.1. The minimum atomic E-state index is -3.47. The summed E-state index contributed by atoms with van der Waals surface area (Å²) in [6.45, 7) is 12.9. The lowest BCUT2D eigenvalue weighted by Crippen LogP contribution is -2.60. The molecule has 3 aromatic rings. The standard InChI is InChI=1S/C38H52N8O9S2/c1-10-22-18-38(22,34(49)50)44-32(47)29-16-24(19-46(29)33(48)31(37(4,5)6)43-35(51)39-13-14-45(7)57(9,52)53)55-30-17-27(28-20-56-36(42-28)40-21(2)3)41-26-15-23(54-8)11-12-25(26)30/h10-12,15,17,20-22,24,29,31H,1,13-14,16,18-19H2,2-9H3,(H,40,42)(H,44,47)(H,49,50)(H2,39,43,51)/t22?,24-,29+,31-,38-/m1/s1. The van der Waals surface area contributed by atoms with Gasteiger partial charge in [-0.1, -0.05) is 26.8 Å². The molecule has 5 rings (SSSR count). The SMILES string of the molecule is C=CC1C[C@]1(NC(=O)[C@@H]1C[C@@H](Oc2cc(-c3csc(NC(C)C)n3)nc3cc(OC)ccc23)CN1C(=O)[C@@H](NC(=O)NCCN(C)S(C)(=O)=O)C(C)(C)C)C(=O)O. The molecule has 0 bridgehead atoms. The molecule has 1 aliphatic heterocycles. The van der Waals surface area contributed by atoms with Crippen LogP contribution in [0.4, 0.5) is 9.93 Å². The Balaban J connectivity index is 1.46. The van der Waals surface area contributed by atoms with Crippen LogP contribution in [-0.2, 0) is 24.4 Å². The number of hydrogen-bond acceptors (Lipinski definition) is 12. The molecule has 2 fully saturated rings. The molecule has 3 heterocycles. The van der Waals surface area contributed by atoms with Crippen LogP contribution in [-0.4, -0.2) is 126 Å². The Morgan fingerprint density at radius 3 is 2.49 bits per heavy atom. The third kappa shape index (κ3) is 9.93. The molecular weight excluding hydrogens is 777 g/mol. The van der Waals surface area contributed by atoms with Gasteiger partial charge in [0.1, 0.15) is 40.9 Å². The Morgan fingerprint density at radius 1 is 1.18 bits per heavy atom. The second-order valence-corrected chi connectivity index (χ2v) is 18.8. The van der Waals surface area contributed by atoms with Crippen LogP contribution in [0.3, 0.4) is 0 Å². The van der Waals surface area contributed by atoms with E-state index in [2.05, 4.69) is 27.8 Å². The van der Waals surface area contributed by atoms with Crippen molar-refractivity contribution in [1.29, 1.82) is 0 Å². The third-order valence-corrected chi connectivity index (χ3v) is 12.1. The third-order valence-electron chi connectivity index (χ3n) is 9.99. The van der Waals surface area contributed by atoms with Crippen LogP contribution in [0.15, 0.2) is 42.3 Å². The summed E-state index contributed by atoms with van der Waals surface area (Å²) in [5, 5.41) is 24.6. The Kier molecular flexibility index (Phi) is 12.7. The smallest absolute Gasteiger partial charge is 0.330 e. The number of likely N-dealkylation sites (N-methyl/N-ethyl adjacent to an activating group) is 1. The van der Waals surface area contributed by atoms with Crippen LogP contribution in [0, 0.1) is 11.3 Å². The van der Waals surface area contributed by atoms with Crippen LogP contribution in [0.25, 0.3) is 22.3 Å². The zero-order valence-electron chi connectivity index (χ0n) is 33.4. The van der Waals surface area contributed by atoms with E-state index in [1.54, 1.807) is 52.1 Å². The lowest BCUT2D eigenvalue weighted by Gasteiger charge is -2.35. The summed E-state index contributed by atoms with van der Waals surface area (Å²) < 4.78 is 36.8. The van der Waals surface area contributed by atoms with Gasteiger partial charge >= 0.3 is 12.0 Å². The normalized spacial score (nSPS) is 21.2. The molecule has 1 saturated heterocycles. The summed E-state index contributed by atoms with van der Waals surface area (Å²) in [5.41, 5.74) is -0.724. The molecule has 0 spiro atoms. The van der Waals surface area contributed by atoms with E-state index in [0.29, 0.717) is 33.8 Å². The fraction of sp³-hybridized carbons (Fsp3) is 0.526. The minimum absolute atomic E-state index is 0.00136. The molecule has 5 N–H and O–H groups in total. The van der Waals surface area contributed by atoms with Gasteiger partial charge < -0.3 is 40.7 Å². The number of amides is 4. The molecule has 2 aromatic heterocycles. The number of benzene rings is 1. The first-order chi connectivity index (χ1) is 26.7. The number of nitrogens with zero attached hydrogens (tertiary/aromatic N) is 4. The van der Waals surface area contributed by atoms with E-state index in [4.69, 9.17) is 19.4 Å². The summed E-state index contributed by atoms with van der Waals surface area (Å²) in [5.74, 6) is -1.98. The van der Waals surface area contributed by atoms with Crippen molar-refractivity contribution in [2.24, 2.45) is 11.3 Å². The number of hydrogen-bond donors (Lipinski definition) is 5. The van der Waals surface area contributed by atoms with Crippen molar-refractivity contribution in [2.45, 2.75) is 77.2 Å². The molecule has 1 unspecified atom stereocenters. The van der Waals surface area contributed by atoms with Gasteiger partial charge in [0.2, 0.25) is 21.8 Å². The minimum Gasteiger partial charge on any atom is -0.497 e. The maximum Gasteiger partial charge on any atom is 0.330 e. The zero-order valence-corrected chi connectivity index (χ0v) is 35.0. The number of aliphatic carboxylic acids is 1. The number of aromatic nitrogens is 2. The lowest BCUT2D eigenvalue weighted by atomic mass is 9.85. The van der Waals surface area contributed by atoms with Crippen LogP contribution in [0.2, 0.25) is 0 Å². The van der Waals surface area contributed by atoms with E-state index < -0.39 is 68.9 Å². The second-order valence-electron chi connectivity index (χ2n) is 15.8. The van der Waals surface area contributed by atoms with Gasteiger partial charge in [0.15, 0.2) is 5.13 Å². The molecule has 0 radical (unpaired) electrons. The van der Waals surface area contributed by atoms with Gasteiger partial charge in [-0.2, -0.15) is 0 Å². The molecule has 1 saturated carbocycles. The van der Waals surface area contributed by atoms with E-state index in [1.165, 1.54) is 29.4 Å². The molecule has 19 heteroatoms. The average molecular weight is 829 g/mol. The van der Waals surface area contributed by atoms with Gasteiger partial charge in [0.05, 0.1) is 31.1 Å². The second kappa shape index (κ2) is 16.8. The first-order valence-corrected chi connectivity index (χ1v) is 21.2. The van der Waals surface area contributed by atoms with Gasteiger partial charge in [-0.15, -0.1) is 17.9 Å². The number of methoxy groups -OCH3 is 1. The van der Waals surface area contributed by atoms with Crippen molar-refractivity contribution >= 4 is 61.2 Å². The van der Waals surface area contributed by atoms with Gasteiger partial charge in [0.25, 0.3) is 0 Å². The number of anilines is 1. The number of carboxylic acid groups (broad SMARTS) is 1. The lowest BCUT2D eigenvalue weighted by molar-refractivity contribution is -0.146. The number of carbonyl (C=O) groups excluding carboxylic acids is 3. The highest BCUT2D eigenvalue weighted by Crippen LogP contribution is 2.45. The number of nitrogens with one attached hydrogen (secondary N) is 4. The largest absolute Gasteiger partial charge is 0.497 e. The molecule has 57 heavy (non-hydrogen) atoms. The number of likely N-dealkylation sites (tertiary alicyclic amines) is 1. The van der Waals surface area contributed by atoms with Crippen LogP contribution < -0.4 is 30.7 Å². The van der Waals surface area contributed by atoms with E-state index in [-0.39, 0.29) is 38.5 Å².